The maximum Gasteiger partial charge on any atom is 0.214 e. The molecule has 16 heavy (non-hydrogen) atoms. The molecule has 0 spiro atoms. The van der Waals surface area contributed by atoms with E-state index in [0.29, 0.717) is 24.8 Å². The van der Waals surface area contributed by atoms with E-state index < -0.39 is 10.0 Å². The molecule has 0 radical (unpaired) electrons. The number of sulfonamides is 1. The van der Waals surface area contributed by atoms with Crippen molar-refractivity contribution in [2.24, 2.45) is 5.92 Å². The largest absolute Gasteiger partial charge is 0.214 e. The van der Waals surface area contributed by atoms with E-state index in [9.17, 15) is 8.42 Å². The highest BCUT2D eigenvalue weighted by Gasteiger charge is 2.20. The van der Waals surface area contributed by atoms with Gasteiger partial charge in [-0.2, -0.15) is 0 Å². The van der Waals surface area contributed by atoms with Crippen LogP contribution >= 0.6 is 0 Å². The van der Waals surface area contributed by atoms with Gasteiger partial charge in [-0.05, 0) is 25.2 Å². The van der Waals surface area contributed by atoms with Gasteiger partial charge in [-0.3, -0.25) is 0 Å². The lowest BCUT2D eigenvalue weighted by Gasteiger charge is -2.21. The molecule has 0 aliphatic rings. The number of hydrogen-bond donors (Lipinski definition) is 0. The molecule has 98 valence electrons. The van der Waals surface area contributed by atoms with Crippen LogP contribution in [-0.4, -0.2) is 31.6 Å². The van der Waals surface area contributed by atoms with E-state index in [2.05, 4.69) is 20.8 Å². The lowest BCUT2D eigenvalue weighted by Crippen LogP contribution is -2.34. The zero-order valence-corrected chi connectivity index (χ0v) is 12.0. The van der Waals surface area contributed by atoms with Gasteiger partial charge in [0.15, 0.2) is 0 Å². The first-order chi connectivity index (χ1) is 7.44. The molecule has 0 aromatic heterocycles. The minimum Gasteiger partial charge on any atom is -0.212 e. The van der Waals surface area contributed by atoms with Crippen molar-refractivity contribution < 1.29 is 8.42 Å². The summed E-state index contributed by atoms with van der Waals surface area (Å²) < 4.78 is 25.8. The topological polar surface area (TPSA) is 37.4 Å². The molecule has 0 amide bonds. The highest BCUT2D eigenvalue weighted by molar-refractivity contribution is 7.89. The van der Waals surface area contributed by atoms with Gasteiger partial charge in [0.05, 0.1) is 5.75 Å². The van der Waals surface area contributed by atoms with Gasteiger partial charge >= 0.3 is 0 Å². The summed E-state index contributed by atoms with van der Waals surface area (Å²) in [6.45, 7) is 9.59. The summed E-state index contributed by atoms with van der Waals surface area (Å²) in [5.74, 6) is 0.749. The molecule has 0 N–H and O–H groups in total. The third-order valence-electron chi connectivity index (χ3n) is 2.58. The van der Waals surface area contributed by atoms with Crippen molar-refractivity contribution in [3.8, 4) is 0 Å². The van der Waals surface area contributed by atoms with Crippen LogP contribution in [0.3, 0.4) is 0 Å². The van der Waals surface area contributed by atoms with Crippen LogP contribution in [0.5, 0.6) is 0 Å². The predicted molar refractivity (Wildman–Crippen MR) is 70.0 cm³/mol. The van der Waals surface area contributed by atoms with Crippen LogP contribution in [0, 0.1) is 5.92 Å². The zero-order chi connectivity index (χ0) is 12.6. The number of nitrogens with zero attached hydrogens (tertiary/aromatic N) is 1. The van der Waals surface area contributed by atoms with E-state index in [1.165, 1.54) is 0 Å². The summed E-state index contributed by atoms with van der Waals surface area (Å²) in [5.41, 5.74) is 0. The fourth-order valence-electron chi connectivity index (χ4n) is 1.49. The highest BCUT2D eigenvalue weighted by atomic mass is 32.2. The molecule has 0 fully saturated rings. The van der Waals surface area contributed by atoms with E-state index >= 15 is 0 Å². The van der Waals surface area contributed by atoms with Gasteiger partial charge in [-0.1, -0.05) is 34.1 Å². The number of hydrogen-bond acceptors (Lipinski definition) is 2. The van der Waals surface area contributed by atoms with Gasteiger partial charge in [0, 0.05) is 13.1 Å². The first kappa shape index (κ1) is 15.9. The number of unbranched alkanes of at least 4 members (excludes halogenated alkanes) is 1. The minimum absolute atomic E-state index is 0.300. The van der Waals surface area contributed by atoms with E-state index in [-0.39, 0.29) is 0 Å². The second kappa shape index (κ2) is 8.07. The predicted octanol–water partition coefficient (Wildman–Crippen LogP) is 2.87. The summed E-state index contributed by atoms with van der Waals surface area (Å²) in [4.78, 5) is 0. The fraction of sp³-hybridized carbons (Fsp3) is 1.00. The van der Waals surface area contributed by atoms with Gasteiger partial charge in [-0.15, -0.1) is 0 Å². The van der Waals surface area contributed by atoms with Crippen LogP contribution in [-0.2, 0) is 10.0 Å². The van der Waals surface area contributed by atoms with Crippen molar-refractivity contribution in [2.75, 3.05) is 18.8 Å². The molecule has 0 aliphatic carbocycles. The fourth-order valence-corrected chi connectivity index (χ4v) is 3.38. The van der Waals surface area contributed by atoms with E-state index in [1.807, 2.05) is 6.92 Å². The van der Waals surface area contributed by atoms with Crippen molar-refractivity contribution in [3.05, 3.63) is 0 Å². The molecule has 0 aromatic rings. The molecule has 0 aliphatic heterocycles. The Balaban J connectivity index is 4.37. The summed E-state index contributed by atoms with van der Waals surface area (Å²) >= 11 is 0. The Morgan fingerprint density at radius 2 is 1.69 bits per heavy atom. The molecule has 0 atom stereocenters. The molecular weight excluding hydrogens is 222 g/mol. The Bertz CT molecular complexity index is 260. The maximum atomic E-state index is 12.1. The molecule has 0 aromatic carbocycles. The van der Waals surface area contributed by atoms with Gasteiger partial charge in [0.25, 0.3) is 0 Å². The molecule has 0 bridgehead atoms. The minimum atomic E-state index is -3.02. The summed E-state index contributed by atoms with van der Waals surface area (Å²) in [5, 5.41) is 0. The number of rotatable bonds is 9. The average Bonchev–Trinajstić information content (AvgIpc) is 2.21. The maximum absolute atomic E-state index is 12.1. The van der Waals surface area contributed by atoms with Gasteiger partial charge in [-0.25, -0.2) is 12.7 Å². The van der Waals surface area contributed by atoms with E-state index in [0.717, 1.165) is 25.7 Å². The van der Waals surface area contributed by atoms with Gasteiger partial charge < -0.3 is 0 Å². The molecular formula is C12H27NO2S. The Hall–Kier alpha value is -0.0900. The van der Waals surface area contributed by atoms with Crippen molar-refractivity contribution in [1.82, 2.24) is 4.31 Å². The monoisotopic (exact) mass is 249 g/mol. The normalized spacial score (nSPS) is 12.6. The van der Waals surface area contributed by atoms with Crippen LogP contribution in [0.2, 0.25) is 0 Å². The van der Waals surface area contributed by atoms with E-state index in [4.69, 9.17) is 0 Å². The standard InChI is InChI=1S/C12H27NO2S/c1-5-7-10-13(9-6-2)16(14,15)11-8-12(3)4/h12H,5-11H2,1-4H3. The molecule has 3 nitrogen and oxygen atoms in total. The highest BCUT2D eigenvalue weighted by Crippen LogP contribution is 2.10. The van der Waals surface area contributed by atoms with Crippen molar-refractivity contribution in [1.29, 1.82) is 0 Å². The molecule has 0 unspecified atom stereocenters. The molecule has 0 rings (SSSR count). The SMILES string of the molecule is CCCCN(CCC)S(=O)(=O)CCC(C)C. The van der Waals surface area contributed by atoms with E-state index in [1.54, 1.807) is 4.31 Å². The van der Waals surface area contributed by atoms with Crippen LogP contribution in [0.15, 0.2) is 0 Å². The third-order valence-corrected chi connectivity index (χ3v) is 4.48. The van der Waals surface area contributed by atoms with Crippen molar-refractivity contribution in [2.45, 2.75) is 53.4 Å². The van der Waals surface area contributed by atoms with Gasteiger partial charge in [0.1, 0.15) is 0 Å². The Kier molecular flexibility index (Phi) is 8.02. The third kappa shape index (κ3) is 6.48. The molecule has 0 heterocycles. The molecule has 0 saturated heterocycles. The first-order valence-corrected chi connectivity index (χ1v) is 8.02. The van der Waals surface area contributed by atoms with Crippen LogP contribution in [0.1, 0.15) is 53.4 Å². The average molecular weight is 249 g/mol. The summed E-state index contributed by atoms with van der Waals surface area (Å²) in [6.07, 6.45) is 3.65. The summed E-state index contributed by atoms with van der Waals surface area (Å²) in [6, 6.07) is 0. The Morgan fingerprint density at radius 1 is 1.06 bits per heavy atom. The van der Waals surface area contributed by atoms with Gasteiger partial charge in [0.2, 0.25) is 10.0 Å². The second-order valence-electron chi connectivity index (χ2n) is 4.75. The van der Waals surface area contributed by atoms with Crippen molar-refractivity contribution >= 4 is 10.0 Å². The quantitative estimate of drug-likeness (QED) is 0.630. The lowest BCUT2D eigenvalue weighted by atomic mass is 10.2. The Labute approximate surface area is 101 Å². The van der Waals surface area contributed by atoms with Crippen LogP contribution < -0.4 is 0 Å². The molecule has 0 saturated carbocycles. The zero-order valence-electron chi connectivity index (χ0n) is 11.2. The Morgan fingerprint density at radius 3 is 2.12 bits per heavy atom. The van der Waals surface area contributed by atoms with Crippen molar-refractivity contribution in [3.63, 3.8) is 0 Å². The first-order valence-electron chi connectivity index (χ1n) is 6.41. The lowest BCUT2D eigenvalue weighted by molar-refractivity contribution is 0.399. The van der Waals surface area contributed by atoms with Crippen LogP contribution in [0.25, 0.3) is 0 Å². The smallest absolute Gasteiger partial charge is 0.212 e. The summed E-state index contributed by atoms with van der Waals surface area (Å²) in [7, 11) is -3.02. The van der Waals surface area contributed by atoms with Crippen LogP contribution in [0.4, 0.5) is 0 Å². The second-order valence-corrected chi connectivity index (χ2v) is 6.84. The molecule has 4 heteroatoms.